The van der Waals surface area contributed by atoms with Crippen LogP contribution in [0.15, 0.2) is 18.3 Å². The highest BCUT2D eigenvalue weighted by molar-refractivity contribution is 5.47. The normalized spacial score (nSPS) is 10.9. The molecule has 1 aromatic heterocycles. The molecule has 0 aromatic carbocycles. The summed E-state index contributed by atoms with van der Waals surface area (Å²) < 4.78 is 5.33. The maximum atomic E-state index is 5.33. The van der Waals surface area contributed by atoms with Gasteiger partial charge in [0, 0.05) is 18.2 Å². The molecule has 0 saturated heterocycles. The van der Waals surface area contributed by atoms with Crippen LogP contribution in [-0.2, 0) is 0 Å². The van der Waals surface area contributed by atoms with Crippen LogP contribution in [0.5, 0.6) is 5.88 Å². The molecule has 90 valence electrons. The molecular weight excluding hydrogens is 200 g/mol. The van der Waals surface area contributed by atoms with Gasteiger partial charge >= 0.3 is 0 Å². The molecule has 3 nitrogen and oxygen atoms in total. The predicted molar refractivity (Wildman–Crippen MR) is 68.2 cm³/mol. The second kappa shape index (κ2) is 5.73. The standard InChI is InChI=1S/C13H22N2O/c1-6-16-13-8-7-12(9-14-13)15(10(2)3)11(4)5/h7-11H,6H2,1-5H3. The van der Waals surface area contributed by atoms with Crippen LogP contribution in [0.4, 0.5) is 5.69 Å². The van der Waals surface area contributed by atoms with E-state index in [2.05, 4.69) is 43.6 Å². The van der Waals surface area contributed by atoms with Crippen molar-refractivity contribution in [2.24, 2.45) is 0 Å². The van der Waals surface area contributed by atoms with Gasteiger partial charge in [-0.2, -0.15) is 0 Å². The first-order valence-corrected chi connectivity index (χ1v) is 5.93. The van der Waals surface area contributed by atoms with Gasteiger partial charge < -0.3 is 9.64 Å². The van der Waals surface area contributed by atoms with E-state index in [4.69, 9.17) is 4.74 Å². The van der Waals surface area contributed by atoms with Crippen LogP contribution >= 0.6 is 0 Å². The van der Waals surface area contributed by atoms with E-state index in [1.165, 1.54) is 0 Å². The Kier molecular flexibility index (Phi) is 4.59. The Balaban J connectivity index is 2.85. The molecule has 0 fully saturated rings. The van der Waals surface area contributed by atoms with E-state index in [0.717, 1.165) is 5.69 Å². The molecule has 0 radical (unpaired) electrons. The predicted octanol–water partition coefficient (Wildman–Crippen LogP) is 3.10. The number of rotatable bonds is 5. The van der Waals surface area contributed by atoms with Crippen LogP contribution in [0.3, 0.4) is 0 Å². The molecule has 1 heterocycles. The van der Waals surface area contributed by atoms with Crippen molar-refractivity contribution in [1.82, 2.24) is 4.98 Å². The van der Waals surface area contributed by atoms with Crippen molar-refractivity contribution in [1.29, 1.82) is 0 Å². The van der Waals surface area contributed by atoms with E-state index in [1.54, 1.807) is 0 Å². The van der Waals surface area contributed by atoms with E-state index >= 15 is 0 Å². The minimum Gasteiger partial charge on any atom is -0.478 e. The van der Waals surface area contributed by atoms with Gasteiger partial charge in [0.25, 0.3) is 0 Å². The largest absolute Gasteiger partial charge is 0.478 e. The number of ether oxygens (including phenoxy) is 1. The quantitative estimate of drug-likeness (QED) is 0.765. The number of anilines is 1. The van der Waals surface area contributed by atoms with Crippen LogP contribution in [-0.4, -0.2) is 23.7 Å². The highest BCUT2D eigenvalue weighted by Gasteiger charge is 2.14. The van der Waals surface area contributed by atoms with Crippen LogP contribution in [0.25, 0.3) is 0 Å². The SMILES string of the molecule is CCOc1ccc(N(C(C)C)C(C)C)cn1. The number of pyridine rings is 1. The Morgan fingerprint density at radius 1 is 1.19 bits per heavy atom. The van der Waals surface area contributed by atoms with Crippen LogP contribution in [0.1, 0.15) is 34.6 Å². The van der Waals surface area contributed by atoms with Crippen molar-refractivity contribution < 1.29 is 4.74 Å². The second-order valence-corrected chi connectivity index (χ2v) is 4.38. The maximum Gasteiger partial charge on any atom is 0.213 e. The third-order valence-electron chi connectivity index (χ3n) is 2.42. The van der Waals surface area contributed by atoms with Crippen molar-refractivity contribution in [3.05, 3.63) is 18.3 Å². The summed E-state index contributed by atoms with van der Waals surface area (Å²) in [5.41, 5.74) is 1.15. The lowest BCUT2D eigenvalue weighted by Gasteiger charge is -2.32. The van der Waals surface area contributed by atoms with Gasteiger partial charge in [-0.15, -0.1) is 0 Å². The molecule has 16 heavy (non-hydrogen) atoms. The number of aromatic nitrogens is 1. The summed E-state index contributed by atoms with van der Waals surface area (Å²) in [5, 5.41) is 0. The summed E-state index contributed by atoms with van der Waals surface area (Å²) in [5.74, 6) is 0.693. The molecule has 0 unspecified atom stereocenters. The second-order valence-electron chi connectivity index (χ2n) is 4.38. The average molecular weight is 222 g/mol. The Labute approximate surface area is 98.4 Å². The van der Waals surface area contributed by atoms with Crippen LogP contribution in [0.2, 0.25) is 0 Å². The molecular formula is C13H22N2O. The highest BCUT2D eigenvalue weighted by Crippen LogP contribution is 2.20. The molecule has 3 heteroatoms. The third-order valence-corrected chi connectivity index (χ3v) is 2.42. The summed E-state index contributed by atoms with van der Waals surface area (Å²) in [4.78, 5) is 6.63. The third kappa shape index (κ3) is 3.12. The summed E-state index contributed by atoms with van der Waals surface area (Å²) in [7, 11) is 0. The van der Waals surface area contributed by atoms with Crippen LogP contribution < -0.4 is 9.64 Å². The Bertz CT molecular complexity index is 298. The molecule has 0 aliphatic carbocycles. The molecule has 0 spiro atoms. The minimum atomic E-state index is 0.472. The molecule has 0 aliphatic heterocycles. The zero-order chi connectivity index (χ0) is 12.1. The van der Waals surface area contributed by atoms with Crippen LogP contribution in [0, 0.1) is 0 Å². The molecule has 0 bridgehead atoms. The van der Waals surface area contributed by atoms with Gasteiger partial charge in [-0.05, 0) is 40.7 Å². The van der Waals surface area contributed by atoms with Gasteiger partial charge in [-0.3, -0.25) is 0 Å². The van der Waals surface area contributed by atoms with E-state index in [-0.39, 0.29) is 0 Å². The lowest BCUT2D eigenvalue weighted by Crippen LogP contribution is -2.37. The molecule has 0 aliphatic rings. The topological polar surface area (TPSA) is 25.4 Å². The van der Waals surface area contributed by atoms with Crippen molar-refractivity contribution in [3.8, 4) is 5.88 Å². The molecule has 0 saturated carbocycles. The van der Waals surface area contributed by atoms with Crippen molar-refractivity contribution >= 4 is 5.69 Å². The first-order valence-electron chi connectivity index (χ1n) is 5.93. The zero-order valence-electron chi connectivity index (χ0n) is 10.9. The summed E-state index contributed by atoms with van der Waals surface area (Å²) in [6, 6.07) is 4.94. The van der Waals surface area contributed by atoms with Crippen molar-refractivity contribution in [3.63, 3.8) is 0 Å². The summed E-state index contributed by atoms with van der Waals surface area (Å²) in [6.45, 7) is 11.4. The molecule has 1 aromatic rings. The van der Waals surface area contributed by atoms with E-state index < -0.39 is 0 Å². The van der Waals surface area contributed by atoms with E-state index in [0.29, 0.717) is 24.6 Å². The fourth-order valence-electron chi connectivity index (χ4n) is 1.95. The number of hydrogen-bond acceptors (Lipinski definition) is 3. The van der Waals surface area contributed by atoms with E-state index in [1.807, 2.05) is 19.2 Å². The van der Waals surface area contributed by atoms with Gasteiger partial charge in [0.2, 0.25) is 5.88 Å². The Morgan fingerprint density at radius 2 is 1.81 bits per heavy atom. The van der Waals surface area contributed by atoms with Crippen molar-refractivity contribution in [2.45, 2.75) is 46.7 Å². The zero-order valence-corrected chi connectivity index (χ0v) is 10.9. The first kappa shape index (κ1) is 12.8. The van der Waals surface area contributed by atoms with Gasteiger partial charge in [0.15, 0.2) is 0 Å². The molecule has 1 rings (SSSR count). The highest BCUT2D eigenvalue weighted by atomic mass is 16.5. The fourth-order valence-corrected chi connectivity index (χ4v) is 1.95. The summed E-state index contributed by atoms with van der Waals surface area (Å²) in [6.07, 6.45) is 1.88. The van der Waals surface area contributed by atoms with Crippen molar-refractivity contribution in [2.75, 3.05) is 11.5 Å². The molecule has 0 N–H and O–H groups in total. The lowest BCUT2D eigenvalue weighted by atomic mass is 10.2. The summed E-state index contributed by atoms with van der Waals surface area (Å²) >= 11 is 0. The Morgan fingerprint density at radius 3 is 2.19 bits per heavy atom. The molecule has 0 amide bonds. The minimum absolute atomic E-state index is 0.472. The van der Waals surface area contributed by atoms with E-state index in [9.17, 15) is 0 Å². The smallest absolute Gasteiger partial charge is 0.213 e. The first-order chi connectivity index (χ1) is 7.56. The van der Waals surface area contributed by atoms with Gasteiger partial charge in [0.05, 0.1) is 18.5 Å². The van der Waals surface area contributed by atoms with Gasteiger partial charge in [0.1, 0.15) is 0 Å². The monoisotopic (exact) mass is 222 g/mol. The average Bonchev–Trinajstić information content (AvgIpc) is 2.20. The maximum absolute atomic E-state index is 5.33. The Hall–Kier alpha value is -1.25. The van der Waals surface area contributed by atoms with Gasteiger partial charge in [-0.25, -0.2) is 4.98 Å². The number of hydrogen-bond donors (Lipinski definition) is 0. The lowest BCUT2D eigenvalue weighted by molar-refractivity contribution is 0.327. The van der Waals surface area contributed by atoms with Gasteiger partial charge in [-0.1, -0.05) is 0 Å². The molecule has 0 atom stereocenters. The fraction of sp³-hybridized carbons (Fsp3) is 0.615. The number of nitrogens with zero attached hydrogens (tertiary/aromatic N) is 2.